The molecule has 2 heterocycles. The molecule has 0 spiro atoms. The lowest BCUT2D eigenvalue weighted by Gasteiger charge is -2.31. The minimum atomic E-state index is 0.158. The van der Waals surface area contributed by atoms with Crippen LogP contribution in [0.25, 0.3) is 11.0 Å². The lowest BCUT2D eigenvalue weighted by atomic mass is 9.96. The molecule has 2 aromatic rings. The molecular weight excluding hydrogens is 288 g/mol. The van der Waals surface area contributed by atoms with Crippen LogP contribution in [0.5, 0.6) is 0 Å². The predicted octanol–water partition coefficient (Wildman–Crippen LogP) is 2.27. The van der Waals surface area contributed by atoms with Gasteiger partial charge in [-0.1, -0.05) is 19.1 Å². The standard InChI is InChI=1S/C18H26N4O/c1-2-9-19-18(23)13-21-10-7-15(8-11-21)12-22-14-20-16-5-3-4-6-17(16)22/h3-6,14-15H,2,7-13H2,1H3,(H,19,23). The third-order valence-electron chi connectivity index (χ3n) is 4.63. The molecule has 0 aliphatic carbocycles. The number of piperidine rings is 1. The zero-order valence-electron chi connectivity index (χ0n) is 13.9. The van der Waals surface area contributed by atoms with E-state index in [9.17, 15) is 4.79 Å². The molecule has 23 heavy (non-hydrogen) atoms. The van der Waals surface area contributed by atoms with Crippen LogP contribution in [0.1, 0.15) is 26.2 Å². The van der Waals surface area contributed by atoms with E-state index in [2.05, 4.69) is 44.9 Å². The molecule has 5 heteroatoms. The second-order valence-electron chi connectivity index (χ2n) is 6.46. The molecule has 0 bridgehead atoms. The molecule has 1 aromatic heterocycles. The van der Waals surface area contributed by atoms with E-state index in [1.54, 1.807) is 0 Å². The fourth-order valence-electron chi connectivity index (χ4n) is 3.28. The minimum absolute atomic E-state index is 0.158. The van der Waals surface area contributed by atoms with E-state index in [1.165, 1.54) is 5.52 Å². The van der Waals surface area contributed by atoms with Crippen molar-refractivity contribution in [3.8, 4) is 0 Å². The van der Waals surface area contributed by atoms with Gasteiger partial charge in [0.1, 0.15) is 0 Å². The van der Waals surface area contributed by atoms with Crippen molar-refractivity contribution in [1.82, 2.24) is 19.8 Å². The maximum atomic E-state index is 11.8. The number of benzene rings is 1. The van der Waals surface area contributed by atoms with E-state index in [-0.39, 0.29) is 5.91 Å². The fourth-order valence-corrected chi connectivity index (χ4v) is 3.28. The molecule has 124 valence electrons. The Hall–Kier alpha value is -1.88. The highest BCUT2D eigenvalue weighted by molar-refractivity contribution is 5.78. The van der Waals surface area contributed by atoms with E-state index < -0.39 is 0 Å². The third-order valence-corrected chi connectivity index (χ3v) is 4.63. The van der Waals surface area contributed by atoms with Crippen LogP contribution in [-0.4, -0.2) is 46.5 Å². The lowest BCUT2D eigenvalue weighted by Crippen LogP contribution is -2.42. The summed E-state index contributed by atoms with van der Waals surface area (Å²) in [5, 5.41) is 2.95. The van der Waals surface area contributed by atoms with Gasteiger partial charge in [0.25, 0.3) is 0 Å². The van der Waals surface area contributed by atoms with E-state index >= 15 is 0 Å². The first-order valence-corrected chi connectivity index (χ1v) is 8.65. The predicted molar refractivity (Wildman–Crippen MR) is 92.2 cm³/mol. The Morgan fingerprint density at radius 2 is 2.09 bits per heavy atom. The number of rotatable bonds is 6. The van der Waals surface area contributed by atoms with Gasteiger partial charge in [0.15, 0.2) is 0 Å². The number of carbonyl (C=O) groups excluding carboxylic acids is 1. The Labute approximate surface area is 137 Å². The number of aromatic nitrogens is 2. The average molecular weight is 314 g/mol. The van der Waals surface area contributed by atoms with Crippen molar-refractivity contribution in [2.24, 2.45) is 5.92 Å². The highest BCUT2D eigenvalue weighted by Crippen LogP contribution is 2.21. The number of likely N-dealkylation sites (tertiary alicyclic amines) is 1. The van der Waals surface area contributed by atoms with Crippen LogP contribution in [-0.2, 0) is 11.3 Å². The van der Waals surface area contributed by atoms with Crippen LogP contribution in [0.15, 0.2) is 30.6 Å². The van der Waals surface area contributed by atoms with Crippen molar-refractivity contribution in [2.75, 3.05) is 26.2 Å². The molecule has 5 nitrogen and oxygen atoms in total. The van der Waals surface area contributed by atoms with Gasteiger partial charge < -0.3 is 9.88 Å². The Morgan fingerprint density at radius 1 is 1.30 bits per heavy atom. The van der Waals surface area contributed by atoms with Gasteiger partial charge in [-0.15, -0.1) is 0 Å². The molecule has 1 amide bonds. The highest BCUT2D eigenvalue weighted by Gasteiger charge is 2.21. The first-order valence-electron chi connectivity index (χ1n) is 8.65. The highest BCUT2D eigenvalue weighted by atomic mass is 16.2. The quantitative estimate of drug-likeness (QED) is 0.890. The Bertz CT molecular complexity index is 643. The number of imidazole rings is 1. The molecule has 1 aliphatic rings. The van der Waals surface area contributed by atoms with Crippen LogP contribution in [0.2, 0.25) is 0 Å². The first-order chi connectivity index (χ1) is 11.3. The third kappa shape index (κ3) is 4.10. The maximum Gasteiger partial charge on any atom is 0.234 e. The maximum absolute atomic E-state index is 11.8. The van der Waals surface area contributed by atoms with Gasteiger partial charge in [-0.25, -0.2) is 4.98 Å². The van der Waals surface area contributed by atoms with Gasteiger partial charge in [-0.2, -0.15) is 0 Å². The smallest absolute Gasteiger partial charge is 0.234 e. The van der Waals surface area contributed by atoms with Gasteiger partial charge in [0, 0.05) is 13.1 Å². The Kier molecular flexibility index (Phi) is 5.28. The fraction of sp³-hybridized carbons (Fsp3) is 0.556. The van der Waals surface area contributed by atoms with Gasteiger partial charge in [-0.3, -0.25) is 9.69 Å². The molecule has 1 saturated heterocycles. The molecule has 3 rings (SSSR count). The Morgan fingerprint density at radius 3 is 2.87 bits per heavy atom. The van der Waals surface area contributed by atoms with Crippen molar-refractivity contribution in [2.45, 2.75) is 32.7 Å². The number of hydrogen-bond donors (Lipinski definition) is 1. The number of hydrogen-bond acceptors (Lipinski definition) is 3. The van der Waals surface area contributed by atoms with Gasteiger partial charge in [-0.05, 0) is 50.4 Å². The zero-order valence-corrected chi connectivity index (χ0v) is 13.9. The summed E-state index contributed by atoms with van der Waals surface area (Å²) in [4.78, 5) is 18.5. The summed E-state index contributed by atoms with van der Waals surface area (Å²) >= 11 is 0. The monoisotopic (exact) mass is 314 g/mol. The second-order valence-corrected chi connectivity index (χ2v) is 6.46. The molecule has 0 radical (unpaired) electrons. The van der Waals surface area contributed by atoms with Gasteiger partial charge >= 0.3 is 0 Å². The topological polar surface area (TPSA) is 50.2 Å². The second kappa shape index (κ2) is 7.59. The van der Waals surface area contributed by atoms with Crippen LogP contribution in [0, 0.1) is 5.92 Å². The van der Waals surface area contributed by atoms with E-state index in [0.717, 1.165) is 51.0 Å². The number of nitrogens with zero attached hydrogens (tertiary/aromatic N) is 3. The SMILES string of the molecule is CCCNC(=O)CN1CCC(Cn2cnc3ccccc32)CC1. The minimum Gasteiger partial charge on any atom is -0.355 e. The molecule has 1 fully saturated rings. The summed E-state index contributed by atoms with van der Waals surface area (Å²) in [6.07, 6.45) is 5.24. The van der Waals surface area contributed by atoms with Crippen molar-refractivity contribution in [3.05, 3.63) is 30.6 Å². The summed E-state index contributed by atoms with van der Waals surface area (Å²) in [7, 11) is 0. The van der Waals surface area contributed by atoms with Crippen LogP contribution >= 0.6 is 0 Å². The van der Waals surface area contributed by atoms with E-state index in [1.807, 2.05) is 12.4 Å². The molecule has 1 aromatic carbocycles. The summed E-state index contributed by atoms with van der Waals surface area (Å²) in [6.45, 7) is 6.44. The normalized spacial score (nSPS) is 16.7. The summed E-state index contributed by atoms with van der Waals surface area (Å²) in [5.41, 5.74) is 2.28. The molecule has 1 N–H and O–H groups in total. The molecule has 0 unspecified atom stereocenters. The zero-order chi connectivity index (χ0) is 16.1. The van der Waals surface area contributed by atoms with Gasteiger partial charge in [0.05, 0.1) is 23.9 Å². The molecular formula is C18H26N4O. The molecule has 0 atom stereocenters. The van der Waals surface area contributed by atoms with E-state index in [0.29, 0.717) is 12.5 Å². The Balaban J connectivity index is 1.48. The van der Waals surface area contributed by atoms with Crippen LogP contribution in [0.3, 0.4) is 0 Å². The number of fused-ring (bicyclic) bond motifs is 1. The first kappa shape index (κ1) is 16.0. The number of nitrogens with one attached hydrogen (secondary N) is 1. The number of carbonyl (C=O) groups is 1. The molecule has 0 saturated carbocycles. The lowest BCUT2D eigenvalue weighted by molar-refractivity contribution is -0.122. The van der Waals surface area contributed by atoms with Crippen molar-refractivity contribution in [3.63, 3.8) is 0 Å². The van der Waals surface area contributed by atoms with Crippen LogP contribution in [0.4, 0.5) is 0 Å². The van der Waals surface area contributed by atoms with Gasteiger partial charge in [0.2, 0.25) is 5.91 Å². The van der Waals surface area contributed by atoms with Crippen LogP contribution < -0.4 is 5.32 Å². The average Bonchev–Trinajstić information content (AvgIpc) is 2.98. The van der Waals surface area contributed by atoms with Crippen molar-refractivity contribution >= 4 is 16.9 Å². The largest absolute Gasteiger partial charge is 0.355 e. The summed E-state index contributed by atoms with van der Waals surface area (Å²) in [5.74, 6) is 0.827. The van der Waals surface area contributed by atoms with E-state index in [4.69, 9.17) is 0 Å². The number of amides is 1. The van der Waals surface area contributed by atoms with Crippen molar-refractivity contribution < 1.29 is 4.79 Å². The molecule has 1 aliphatic heterocycles. The summed E-state index contributed by atoms with van der Waals surface area (Å²) in [6, 6.07) is 8.29. The number of para-hydroxylation sites is 2. The van der Waals surface area contributed by atoms with Crippen molar-refractivity contribution in [1.29, 1.82) is 0 Å². The summed E-state index contributed by atoms with van der Waals surface area (Å²) < 4.78 is 2.27.